The van der Waals surface area contributed by atoms with Crippen molar-refractivity contribution in [3.05, 3.63) is 35.4 Å². The Labute approximate surface area is 109 Å². The lowest BCUT2D eigenvalue weighted by Crippen LogP contribution is -2.25. The molecule has 2 N–H and O–H groups in total. The first-order valence-electron chi connectivity index (χ1n) is 6.46. The van der Waals surface area contributed by atoms with Crippen LogP contribution in [0.5, 0.6) is 0 Å². The van der Waals surface area contributed by atoms with Crippen LogP contribution in [0.25, 0.3) is 0 Å². The Morgan fingerprint density at radius 2 is 2.06 bits per heavy atom. The highest BCUT2D eigenvalue weighted by molar-refractivity contribution is 5.33. The van der Waals surface area contributed by atoms with E-state index in [0.29, 0.717) is 11.5 Å². The lowest BCUT2D eigenvalue weighted by atomic mass is 10.0. The molecule has 0 radical (unpaired) electrons. The molecule has 0 bridgehead atoms. The minimum atomic E-state index is -0.254. The lowest BCUT2D eigenvalue weighted by molar-refractivity contribution is 0.115. The predicted octanol–water partition coefficient (Wildman–Crippen LogP) is 2.62. The summed E-state index contributed by atoms with van der Waals surface area (Å²) in [6.45, 7) is 6.88. The van der Waals surface area contributed by atoms with Gasteiger partial charge in [0.15, 0.2) is 0 Å². The van der Waals surface area contributed by atoms with Crippen molar-refractivity contribution < 1.29 is 5.11 Å². The largest absolute Gasteiger partial charge is 0.393 e. The number of hydrogen-bond donors (Lipinski definition) is 2. The Kier molecular flexibility index (Phi) is 5.84. The molecule has 0 fully saturated rings. The summed E-state index contributed by atoms with van der Waals surface area (Å²) in [4.78, 5) is 0. The summed E-state index contributed by atoms with van der Waals surface area (Å²) in [7, 11) is 0. The highest BCUT2D eigenvalue weighted by Crippen LogP contribution is 2.14. The maximum Gasteiger partial charge on any atom is 0.0991 e. The summed E-state index contributed by atoms with van der Waals surface area (Å²) in [5.74, 6) is 0.295. The van der Waals surface area contributed by atoms with Crippen LogP contribution in [0.1, 0.15) is 44.4 Å². The summed E-state index contributed by atoms with van der Waals surface area (Å²) in [5.41, 5.74) is 1.79. The van der Waals surface area contributed by atoms with Crippen molar-refractivity contribution >= 4 is 0 Å². The van der Waals surface area contributed by atoms with E-state index >= 15 is 0 Å². The molecule has 0 aliphatic rings. The van der Waals surface area contributed by atoms with Crippen LogP contribution in [-0.4, -0.2) is 17.8 Å². The molecule has 0 aliphatic carbocycles. The third-order valence-corrected chi connectivity index (χ3v) is 3.18. The fourth-order valence-electron chi connectivity index (χ4n) is 1.78. The normalized spacial score (nSPS) is 14.2. The molecule has 98 valence electrons. The van der Waals surface area contributed by atoms with E-state index in [4.69, 9.17) is 5.26 Å². The molecule has 2 atom stereocenters. The van der Waals surface area contributed by atoms with Gasteiger partial charge in [0.2, 0.25) is 0 Å². The van der Waals surface area contributed by atoms with Crippen LogP contribution in [-0.2, 0) is 0 Å². The molecule has 0 spiro atoms. The van der Waals surface area contributed by atoms with E-state index < -0.39 is 0 Å². The molecule has 1 aromatic carbocycles. The van der Waals surface area contributed by atoms with Crippen molar-refractivity contribution in [2.75, 3.05) is 6.54 Å². The average molecular weight is 246 g/mol. The zero-order valence-corrected chi connectivity index (χ0v) is 11.4. The molecule has 1 aromatic rings. The molecule has 0 amide bonds. The first-order chi connectivity index (χ1) is 8.54. The smallest absolute Gasteiger partial charge is 0.0991 e. The lowest BCUT2D eigenvalue weighted by Gasteiger charge is -2.18. The third kappa shape index (κ3) is 4.48. The number of aliphatic hydroxyl groups is 1. The van der Waals surface area contributed by atoms with Crippen molar-refractivity contribution in [1.29, 1.82) is 5.26 Å². The maximum absolute atomic E-state index is 9.71. The van der Waals surface area contributed by atoms with Crippen LogP contribution >= 0.6 is 0 Å². The topological polar surface area (TPSA) is 56.0 Å². The monoisotopic (exact) mass is 246 g/mol. The van der Waals surface area contributed by atoms with Gasteiger partial charge in [-0.2, -0.15) is 5.26 Å². The van der Waals surface area contributed by atoms with E-state index in [9.17, 15) is 5.11 Å². The second kappa shape index (κ2) is 7.15. The number of aliphatic hydroxyl groups excluding tert-OH is 1. The van der Waals surface area contributed by atoms with Crippen LogP contribution in [0.3, 0.4) is 0 Å². The first kappa shape index (κ1) is 14.7. The van der Waals surface area contributed by atoms with Crippen LogP contribution in [0.2, 0.25) is 0 Å². The number of nitriles is 1. The van der Waals surface area contributed by atoms with E-state index in [1.165, 1.54) is 0 Å². The summed E-state index contributed by atoms with van der Waals surface area (Å²) in [6.07, 6.45) is 0.495. The van der Waals surface area contributed by atoms with Crippen LogP contribution in [0.15, 0.2) is 24.3 Å². The third-order valence-electron chi connectivity index (χ3n) is 3.18. The molecule has 1 rings (SSSR count). The van der Waals surface area contributed by atoms with E-state index in [1.54, 1.807) is 6.07 Å². The summed E-state index contributed by atoms with van der Waals surface area (Å²) < 4.78 is 0. The van der Waals surface area contributed by atoms with Crippen molar-refractivity contribution in [3.63, 3.8) is 0 Å². The van der Waals surface area contributed by atoms with Gasteiger partial charge < -0.3 is 10.4 Å². The van der Waals surface area contributed by atoms with Crippen molar-refractivity contribution in [2.24, 2.45) is 5.92 Å². The Bertz CT molecular complexity index is 409. The fraction of sp³-hybridized carbons (Fsp3) is 0.533. The van der Waals surface area contributed by atoms with Gasteiger partial charge in [-0.3, -0.25) is 0 Å². The van der Waals surface area contributed by atoms with Gasteiger partial charge in [0.1, 0.15) is 0 Å². The number of nitrogens with one attached hydrogen (secondary N) is 1. The standard InChI is InChI=1S/C15H22N2O/c1-11(2)15(18)7-8-17-12(3)14-6-4-5-13(9-14)10-16/h4-6,9,11-12,15,17-18H,7-8H2,1-3H3/t12-,15-/m0/s1. The molecule has 0 heterocycles. The minimum Gasteiger partial charge on any atom is -0.393 e. The molecular weight excluding hydrogens is 224 g/mol. The van der Waals surface area contributed by atoms with Crippen LogP contribution in [0, 0.1) is 17.2 Å². The average Bonchev–Trinajstić information content (AvgIpc) is 2.38. The Balaban J connectivity index is 2.45. The van der Waals surface area contributed by atoms with Gasteiger partial charge in [0.25, 0.3) is 0 Å². The number of hydrogen-bond acceptors (Lipinski definition) is 3. The Morgan fingerprint density at radius 1 is 1.33 bits per heavy atom. The van der Waals surface area contributed by atoms with Crippen molar-refractivity contribution in [1.82, 2.24) is 5.32 Å². The highest BCUT2D eigenvalue weighted by Gasteiger charge is 2.10. The number of nitrogens with zero attached hydrogens (tertiary/aromatic N) is 1. The number of rotatable bonds is 6. The maximum atomic E-state index is 9.71. The molecule has 0 saturated carbocycles. The van der Waals surface area contributed by atoms with Crippen molar-refractivity contribution in [3.8, 4) is 6.07 Å². The van der Waals surface area contributed by atoms with E-state index in [2.05, 4.69) is 18.3 Å². The molecular formula is C15H22N2O. The van der Waals surface area contributed by atoms with E-state index in [0.717, 1.165) is 18.5 Å². The summed E-state index contributed by atoms with van der Waals surface area (Å²) in [5, 5.41) is 21.9. The second-order valence-corrected chi connectivity index (χ2v) is 5.01. The summed E-state index contributed by atoms with van der Waals surface area (Å²) in [6, 6.07) is 9.95. The van der Waals surface area contributed by atoms with Crippen LogP contribution in [0.4, 0.5) is 0 Å². The molecule has 18 heavy (non-hydrogen) atoms. The van der Waals surface area contributed by atoms with Gasteiger partial charge in [0, 0.05) is 6.04 Å². The van der Waals surface area contributed by atoms with Gasteiger partial charge in [-0.05, 0) is 43.5 Å². The quantitative estimate of drug-likeness (QED) is 0.811. The zero-order valence-electron chi connectivity index (χ0n) is 11.4. The highest BCUT2D eigenvalue weighted by atomic mass is 16.3. The molecule has 3 nitrogen and oxygen atoms in total. The van der Waals surface area contributed by atoms with Crippen LogP contribution < -0.4 is 5.32 Å². The second-order valence-electron chi connectivity index (χ2n) is 5.01. The van der Waals surface area contributed by atoms with Gasteiger partial charge in [-0.15, -0.1) is 0 Å². The first-order valence-corrected chi connectivity index (χ1v) is 6.46. The summed E-state index contributed by atoms with van der Waals surface area (Å²) >= 11 is 0. The van der Waals surface area contributed by atoms with Gasteiger partial charge in [-0.1, -0.05) is 26.0 Å². The zero-order chi connectivity index (χ0) is 13.5. The predicted molar refractivity (Wildman–Crippen MR) is 73.0 cm³/mol. The fourth-order valence-corrected chi connectivity index (χ4v) is 1.78. The molecule has 0 unspecified atom stereocenters. The Morgan fingerprint density at radius 3 is 2.67 bits per heavy atom. The van der Waals surface area contributed by atoms with E-state index in [1.807, 2.05) is 32.0 Å². The van der Waals surface area contributed by atoms with Gasteiger partial charge in [0.05, 0.1) is 17.7 Å². The molecule has 0 aliphatic heterocycles. The molecule has 0 saturated heterocycles. The SMILES string of the molecule is CC(C)[C@@H](O)CCN[C@@H](C)c1cccc(C#N)c1. The Hall–Kier alpha value is -1.37. The van der Waals surface area contributed by atoms with Gasteiger partial charge >= 0.3 is 0 Å². The van der Waals surface area contributed by atoms with Crippen molar-refractivity contribution in [2.45, 2.75) is 39.3 Å². The molecule has 0 aromatic heterocycles. The minimum absolute atomic E-state index is 0.192. The number of benzene rings is 1. The van der Waals surface area contributed by atoms with E-state index in [-0.39, 0.29) is 12.1 Å². The van der Waals surface area contributed by atoms with Gasteiger partial charge in [-0.25, -0.2) is 0 Å². The molecule has 3 heteroatoms.